The molecule has 0 aliphatic rings. The molecule has 2 N–H and O–H groups in total. The number of nitrogens with zero attached hydrogens (tertiary/aromatic N) is 3. The number of hydrogen-bond donors (Lipinski definition) is 2. The molecule has 0 atom stereocenters. The van der Waals surface area contributed by atoms with Gasteiger partial charge in [0.15, 0.2) is 11.0 Å². The van der Waals surface area contributed by atoms with Gasteiger partial charge in [-0.15, -0.1) is 16.8 Å². The standard InChI is InChI=1S/C22H20Cl3N5O2S/c1-3-7-30-18(11-26-21(32)14-6-4-5-13(2)8-14)28-29-22(30)33-12-19(31)27-20-16(24)9-15(23)10-17(20)25/h3-6,8-10H,1,7,11-12H2,2H3,(H,26,32)(H,27,31). The Labute approximate surface area is 210 Å². The van der Waals surface area contributed by atoms with Gasteiger partial charge >= 0.3 is 0 Å². The van der Waals surface area contributed by atoms with E-state index in [9.17, 15) is 9.59 Å². The Kier molecular flexibility index (Phi) is 8.80. The van der Waals surface area contributed by atoms with Crippen molar-refractivity contribution >= 4 is 64.1 Å². The Morgan fingerprint density at radius 1 is 1.15 bits per heavy atom. The molecule has 3 rings (SSSR count). The van der Waals surface area contributed by atoms with Gasteiger partial charge in [-0.1, -0.05) is 70.3 Å². The first-order valence-electron chi connectivity index (χ1n) is 9.73. The second-order valence-corrected chi connectivity index (χ2v) is 9.12. The Balaban J connectivity index is 1.64. The maximum atomic E-state index is 12.4. The van der Waals surface area contributed by atoms with Crippen LogP contribution in [-0.2, 0) is 17.9 Å². The number of anilines is 1. The second-order valence-electron chi connectivity index (χ2n) is 6.93. The fourth-order valence-corrected chi connectivity index (χ4v) is 4.56. The quantitative estimate of drug-likeness (QED) is 0.289. The first-order chi connectivity index (χ1) is 15.8. The van der Waals surface area contributed by atoms with Gasteiger partial charge in [0.2, 0.25) is 5.91 Å². The summed E-state index contributed by atoms with van der Waals surface area (Å²) in [5.41, 5.74) is 1.85. The molecule has 172 valence electrons. The number of hydrogen-bond acceptors (Lipinski definition) is 5. The number of amides is 2. The normalized spacial score (nSPS) is 10.7. The van der Waals surface area contributed by atoms with Crippen molar-refractivity contribution in [3.8, 4) is 0 Å². The molecule has 0 radical (unpaired) electrons. The fraction of sp³-hybridized carbons (Fsp3) is 0.182. The molecule has 11 heteroatoms. The lowest BCUT2D eigenvalue weighted by molar-refractivity contribution is -0.113. The van der Waals surface area contributed by atoms with Crippen molar-refractivity contribution in [2.75, 3.05) is 11.1 Å². The summed E-state index contributed by atoms with van der Waals surface area (Å²) in [5, 5.41) is 15.2. The van der Waals surface area contributed by atoms with E-state index in [4.69, 9.17) is 34.8 Å². The van der Waals surface area contributed by atoms with Crippen LogP contribution >= 0.6 is 46.6 Å². The lowest BCUT2D eigenvalue weighted by atomic mass is 10.1. The van der Waals surface area contributed by atoms with Gasteiger partial charge in [-0.05, 0) is 31.2 Å². The van der Waals surface area contributed by atoms with Crippen molar-refractivity contribution in [1.82, 2.24) is 20.1 Å². The third-order valence-corrected chi connectivity index (χ3v) is 6.18. The van der Waals surface area contributed by atoms with E-state index in [-0.39, 0.29) is 34.2 Å². The average molecular weight is 525 g/mol. The molecule has 1 aromatic heterocycles. The molecule has 33 heavy (non-hydrogen) atoms. The van der Waals surface area contributed by atoms with Crippen LogP contribution in [0.5, 0.6) is 0 Å². The van der Waals surface area contributed by atoms with Crippen molar-refractivity contribution in [2.24, 2.45) is 0 Å². The number of benzene rings is 2. The summed E-state index contributed by atoms with van der Waals surface area (Å²) in [4.78, 5) is 24.9. The van der Waals surface area contributed by atoms with Crippen LogP contribution in [0.2, 0.25) is 15.1 Å². The number of carbonyl (C=O) groups is 2. The number of allylic oxidation sites excluding steroid dienone is 1. The molecule has 3 aromatic rings. The van der Waals surface area contributed by atoms with Crippen LogP contribution in [0.3, 0.4) is 0 Å². The maximum absolute atomic E-state index is 12.4. The van der Waals surface area contributed by atoms with E-state index >= 15 is 0 Å². The summed E-state index contributed by atoms with van der Waals surface area (Å²) in [5.74, 6) is 0.0496. The third-order valence-electron chi connectivity index (χ3n) is 4.40. The van der Waals surface area contributed by atoms with Gasteiger partial charge in [-0.25, -0.2) is 0 Å². The van der Waals surface area contributed by atoms with Gasteiger partial charge < -0.3 is 15.2 Å². The Hall–Kier alpha value is -2.52. The van der Waals surface area contributed by atoms with E-state index in [0.29, 0.717) is 33.8 Å². The molecule has 0 saturated carbocycles. The van der Waals surface area contributed by atoms with Crippen LogP contribution in [-0.4, -0.2) is 32.3 Å². The highest BCUT2D eigenvalue weighted by molar-refractivity contribution is 7.99. The van der Waals surface area contributed by atoms with Crippen molar-refractivity contribution in [3.05, 3.63) is 81.1 Å². The van der Waals surface area contributed by atoms with E-state index in [2.05, 4.69) is 27.4 Å². The Morgan fingerprint density at radius 2 is 1.88 bits per heavy atom. The molecule has 0 bridgehead atoms. The van der Waals surface area contributed by atoms with Crippen molar-refractivity contribution in [3.63, 3.8) is 0 Å². The van der Waals surface area contributed by atoms with E-state index in [1.54, 1.807) is 16.7 Å². The summed E-state index contributed by atoms with van der Waals surface area (Å²) in [6, 6.07) is 10.3. The summed E-state index contributed by atoms with van der Waals surface area (Å²) in [6.45, 7) is 6.27. The van der Waals surface area contributed by atoms with Crippen LogP contribution in [0.4, 0.5) is 5.69 Å². The van der Waals surface area contributed by atoms with E-state index in [1.165, 1.54) is 23.9 Å². The van der Waals surface area contributed by atoms with E-state index in [1.807, 2.05) is 25.1 Å². The van der Waals surface area contributed by atoms with Crippen LogP contribution in [0.15, 0.2) is 54.2 Å². The summed E-state index contributed by atoms with van der Waals surface area (Å²) < 4.78 is 1.78. The largest absolute Gasteiger partial charge is 0.345 e. The second kappa shape index (κ2) is 11.6. The highest BCUT2D eigenvalue weighted by Gasteiger charge is 2.16. The monoisotopic (exact) mass is 523 g/mol. The minimum atomic E-state index is -0.325. The molecule has 0 unspecified atom stereocenters. The molecule has 0 aliphatic carbocycles. The highest BCUT2D eigenvalue weighted by atomic mass is 35.5. The third kappa shape index (κ3) is 6.74. The molecular formula is C22H20Cl3N5O2S. The number of rotatable bonds is 9. The maximum Gasteiger partial charge on any atom is 0.251 e. The Bertz CT molecular complexity index is 1180. The summed E-state index contributed by atoms with van der Waals surface area (Å²) in [6.07, 6.45) is 1.69. The summed E-state index contributed by atoms with van der Waals surface area (Å²) in [7, 11) is 0. The van der Waals surface area contributed by atoms with Gasteiger partial charge in [0.1, 0.15) is 0 Å². The molecule has 0 fully saturated rings. The number of aryl methyl sites for hydroxylation is 1. The zero-order valence-electron chi connectivity index (χ0n) is 17.6. The number of aromatic nitrogens is 3. The Morgan fingerprint density at radius 3 is 2.55 bits per heavy atom. The molecule has 2 amide bonds. The number of carbonyl (C=O) groups excluding carboxylic acids is 2. The van der Waals surface area contributed by atoms with Crippen molar-refractivity contribution in [2.45, 2.75) is 25.2 Å². The van der Waals surface area contributed by atoms with Crippen LogP contribution in [0.1, 0.15) is 21.7 Å². The van der Waals surface area contributed by atoms with Gasteiger partial charge in [-0.2, -0.15) is 0 Å². The van der Waals surface area contributed by atoms with Gasteiger partial charge in [0, 0.05) is 17.1 Å². The zero-order chi connectivity index (χ0) is 24.0. The highest BCUT2D eigenvalue weighted by Crippen LogP contribution is 2.33. The molecule has 0 saturated heterocycles. The molecule has 7 nitrogen and oxygen atoms in total. The number of nitrogens with one attached hydrogen (secondary N) is 2. The zero-order valence-corrected chi connectivity index (χ0v) is 20.7. The first-order valence-corrected chi connectivity index (χ1v) is 11.9. The molecule has 2 aromatic carbocycles. The van der Waals surface area contributed by atoms with Crippen LogP contribution < -0.4 is 10.6 Å². The van der Waals surface area contributed by atoms with Crippen LogP contribution in [0.25, 0.3) is 0 Å². The lowest BCUT2D eigenvalue weighted by Crippen LogP contribution is -2.25. The van der Waals surface area contributed by atoms with Crippen LogP contribution in [0, 0.1) is 6.92 Å². The molecule has 0 spiro atoms. The smallest absolute Gasteiger partial charge is 0.251 e. The van der Waals surface area contributed by atoms with Crippen molar-refractivity contribution < 1.29 is 9.59 Å². The number of halogens is 3. The number of thioether (sulfide) groups is 1. The predicted molar refractivity (Wildman–Crippen MR) is 133 cm³/mol. The van der Waals surface area contributed by atoms with E-state index < -0.39 is 0 Å². The molecule has 0 aliphatic heterocycles. The van der Waals surface area contributed by atoms with Gasteiger partial charge in [-0.3, -0.25) is 9.59 Å². The van der Waals surface area contributed by atoms with Crippen molar-refractivity contribution in [1.29, 1.82) is 0 Å². The predicted octanol–water partition coefficient (Wildman–Crippen LogP) is 5.39. The lowest BCUT2D eigenvalue weighted by Gasteiger charge is -2.11. The average Bonchev–Trinajstić information content (AvgIpc) is 3.15. The fourth-order valence-electron chi connectivity index (χ4n) is 2.88. The summed E-state index contributed by atoms with van der Waals surface area (Å²) >= 11 is 19.3. The first kappa shape index (κ1) is 25.1. The topological polar surface area (TPSA) is 88.9 Å². The minimum Gasteiger partial charge on any atom is -0.345 e. The van der Waals surface area contributed by atoms with Gasteiger partial charge in [0.25, 0.3) is 5.91 Å². The van der Waals surface area contributed by atoms with E-state index in [0.717, 1.165) is 5.56 Å². The van der Waals surface area contributed by atoms with Gasteiger partial charge in [0.05, 0.1) is 28.0 Å². The molecule has 1 heterocycles. The molecular weight excluding hydrogens is 505 g/mol. The SMILES string of the molecule is C=CCn1c(CNC(=O)c2cccc(C)c2)nnc1SCC(=O)Nc1c(Cl)cc(Cl)cc1Cl. The minimum absolute atomic E-state index is 0.0419.